The second kappa shape index (κ2) is 5.38. The third-order valence-electron chi connectivity index (χ3n) is 5.54. The summed E-state index contributed by atoms with van der Waals surface area (Å²) in [4.78, 5) is 28.6. The van der Waals surface area contributed by atoms with Crippen molar-refractivity contribution < 1.29 is 9.59 Å². The van der Waals surface area contributed by atoms with Gasteiger partial charge in [0.25, 0.3) is 0 Å². The summed E-state index contributed by atoms with van der Waals surface area (Å²) in [7, 11) is 1.91. The summed E-state index contributed by atoms with van der Waals surface area (Å²) >= 11 is 0. The summed E-state index contributed by atoms with van der Waals surface area (Å²) in [6.45, 7) is 2.80. The molecule has 3 rings (SSSR count). The molecule has 0 unspecified atom stereocenters. The van der Waals surface area contributed by atoms with E-state index in [0.717, 1.165) is 12.8 Å². The molecule has 2 saturated carbocycles. The van der Waals surface area contributed by atoms with Crippen molar-refractivity contribution in [2.75, 3.05) is 13.6 Å². The molecule has 112 valence electrons. The van der Waals surface area contributed by atoms with Gasteiger partial charge < -0.3 is 9.80 Å². The van der Waals surface area contributed by atoms with E-state index in [0.29, 0.717) is 31.0 Å². The van der Waals surface area contributed by atoms with Crippen LogP contribution in [-0.2, 0) is 9.59 Å². The van der Waals surface area contributed by atoms with Crippen LogP contribution in [0.4, 0.5) is 0 Å². The van der Waals surface area contributed by atoms with E-state index in [1.54, 1.807) is 0 Å². The molecule has 20 heavy (non-hydrogen) atoms. The zero-order valence-electron chi connectivity index (χ0n) is 12.7. The molecule has 0 aromatic heterocycles. The lowest BCUT2D eigenvalue weighted by Gasteiger charge is -2.28. The summed E-state index contributed by atoms with van der Waals surface area (Å²) < 4.78 is 0. The predicted molar refractivity (Wildman–Crippen MR) is 77.0 cm³/mol. The van der Waals surface area contributed by atoms with Crippen LogP contribution in [0.3, 0.4) is 0 Å². The quantitative estimate of drug-likeness (QED) is 0.789. The number of nitrogens with zero attached hydrogens (tertiary/aromatic N) is 2. The first kappa shape index (κ1) is 13.9. The SMILES string of the molecule is C[C@H](C1CC1)N(C)C(=O)[C@H]1CC(=O)N(C2CCCC2)C1. The Bertz CT molecular complexity index is 399. The van der Waals surface area contributed by atoms with Crippen LogP contribution in [-0.4, -0.2) is 47.3 Å². The van der Waals surface area contributed by atoms with Gasteiger partial charge in [0.2, 0.25) is 11.8 Å². The van der Waals surface area contributed by atoms with Gasteiger partial charge in [-0.2, -0.15) is 0 Å². The Hall–Kier alpha value is -1.06. The van der Waals surface area contributed by atoms with Crippen molar-refractivity contribution in [3.05, 3.63) is 0 Å². The molecule has 0 radical (unpaired) electrons. The van der Waals surface area contributed by atoms with Crippen molar-refractivity contribution in [2.45, 2.75) is 64.0 Å². The molecule has 2 atom stereocenters. The highest BCUT2D eigenvalue weighted by Gasteiger charge is 2.41. The highest BCUT2D eigenvalue weighted by Crippen LogP contribution is 2.36. The Morgan fingerprint density at radius 3 is 2.50 bits per heavy atom. The topological polar surface area (TPSA) is 40.6 Å². The van der Waals surface area contributed by atoms with Crippen LogP contribution in [0.5, 0.6) is 0 Å². The first-order valence-electron chi connectivity index (χ1n) is 8.14. The molecule has 3 aliphatic rings. The number of carbonyl (C=O) groups is 2. The Morgan fingerprint density at radius 2 is 1.90 bits per heavy atom. The van der Waals surface area contributed by atoms with Crippen LogP contribution in [0.1, 0.15) is 51.9 Å². The van der Waals surface area contributed by atoms with Crippen molar-refractivity contribution in [1.29, 1.82) is 0 Å². The van der Waals surface area contributed by atoms with Crippen LogP contribution in [0.2, 0.25) is 0 Å². The van der Waals surface area contributed by atoms with Gasteiger partial charge in [0.05, 0.1) is 5.92 Å². The molecular weight excluding hydrogens is 252 g/mol. The maximum atomic E-state index is 12.6. The molecule has 1 heterocycles. The van der Waals surface area contributed by atoms with E-state index in [-0.39, 0.29) is 17.7 Å². The van der Waals surface area contributed by atoms with Crippen LogP contribution >= 0.6 is 0 Å². The Morgan fingerprint density at radius 1 is 1.25 bits per heavy atom. The van der Waals surface area contributed by atoms with Gasteiger partial charge in [0.1, 0.15) is 0 Å². The third-order valence-corrected chi connectivity index (χ3v) is 5.54. The lowest BCUT2D eigenvalue weighted by atomic mass is 10.1. The van der Waals surface area contributed by atoms with E-state index >= 15 is 0 Å². The minimum Gasteiger partial charge on any atom is -0.342 e. The molecule has 2 aliphatic carbocycles. The van der Waals surface area contributed by atoms with Gasteiger partial charge in [-0.1, -0.05) is 12.8 Å². The molecule has 4 heteroatoms. The fourth-order valence-electron chi connectivity index (χ4n) is 3.85. The standard InChI is InChI=1S/C16H26N2O2/c1-11(12-7-8-12)17(2)16(20)13-9-15(19)18(10-13)14-5-3-4-6-14/h11-14H,3-10H2,1-2H3/t11-,13+/m1/s1. The van der Waals surface area contributed by atoms with Crippen molar-refractivity contribution >= 4 is 11.8 Å². The van der Waals surface area contributed by atoms with Gasteiger partial charge in [-0.25, -0.2) is 0 Å². The Balaban J connectivity index is 1.60. The molecule has 1 aliphatic heterocycles. The van der Waals surface area contributed by atoms with Crippen LogP contribution in [0.25, 0.3) is 0 Å². The fourth-order valence-corrected chi connectivity index (χ4v) is 3.85. The predicted octanol–water partition coefficient (Wildman–Crippen LogP) is 2.03. The zero-order chi connectivity index (χ0) is 14.3. The van der Waals surface area contributed by atoms with E-state index in [4.69, 9.17) is 0 Å². The normalized spacial score (nSPS) is 29.0. The van der Waals surface area contributed by atoms with Crippen molar-refractivity contribution in [1.82, 2.24) is 9.80 Å². The van der Waals surface area contributed by atoms with E-state index < -0.39 is 0 Å². The lowest BCUT2D eigenvalue weighted by Crippen LogP contribution is -2.41. The van der Waals surface area contributed by atoms with Crippen LogP contribution in [0, 0.1) is 11.8 Å². The Labute approximate surface area is 121 Å². The second-order valence-corrected chi connectivity index (χ2v) is 6.91. The van der Waals surface area contributed by atoms with Gasteiger partial charge in [-0.3, -0.25) is 9.59 Å². The maximum absolute atomic E-state index is 12.6. The van der Waals surface area contributed by atoms with E-state index in [1.807, 2.05) is 16.8 Å². The summed E-state index contributed by atoms with van der Waals surface area (Å²) in [5.41, 5.74) is 0. The number of amides is 2. The fraction of sp³-hybridized carbons (Fsp3) is 0.875. The average molecular weight is 278 g/mol. The molecule has 3 fully saturated rings. The van der Waals surface area contributed by atoms with Crippen LogP contribution in [0.15, 0.2) is 0 Å². The highest BCUT2D eigenvalue weighted by molar-refractivity contribution is 5.89. The number of hydrogen-bond donors (Lipinski definition) is 0. The van der Waals surface area contributed by atoms with E-state index in [1.165, 1.54) is 25.7 Å². The minimum atomic E-state index is -0.103. The largest absolute Gasteiger partial charge is 0.342 e. The second-order valence-electron chi connectivity index (χ2n) is 6.91. The van der Waals surface area contributed by atoms with Crippen molar-refractivity contribution in [2.24, 2.45) is 11.8 Å². The van der Waals surface area contributed by atoms with Crippen LogP contribution < -0.4 is 0 Å². The number of hydrogen-bond acceptors (Lipinski definition) is 2. The first-order chi connectivity index (χ1) is 9.58. The summed E-state index contributed by atoms with van der Waals surface area (Å²) in [6, 6.07) is 0.740. The summed E-state index contributed by atoms with van der Waals surface area (Å²) in [6.07, 6.45) is 7.63. The van der Waals surface area contributed by atoms with E-state index in [2.05, 4.69) is 6.92 Å². The average Bonchev–Trinajstić information content (AvgIpc) is 3.01. The monoisotopic (exact) mass is 278 g/mol. The zero-order valence-corrected chi connectivity index (χ0v) is 12.7. The molecule has 0 bridgehead atoms. The molecular formula is C16H26N2O2. The van der Waals surface area contributed by atoms with Gasteiger partial charge in [0.15, 0.2) is 0 Å². The Kier molecular flexibility index (Phi) is 3.74. The third kappa shape index (κ3) is 2.57. The summed E-state index contributed by atoms with van der Waals surface area (Å²) in [5, 5.41) is 0. The first-order valence-corrected chi connectivity index (χ1v) is 8.14. The number of rotatable bonds is 4. The maximum Gasteiger partial charge on any atom is 0.227 e. The smallest absolute Gasteiger partial charge is 0.227 e. The molecule has 1 saturated heterocycles. The van der Waals surface area contributed by atoms with E-state index in [9.17, 15) is 9.59 Å². The lowest BCUT2D eigenvalue weighted by molar-refractivity contribution is -0.136. The highest BCUT2D eigenvalue weighted by atomic mass is 16.2. The number of carbonyl (C=O) groups excluding carboxylic acids is 2. The molecule has 4 nitrogen and oxygen atoms in total. The molecule has 2 amide bonds. The number of likely N-dealkylation sites (tertiary alicyclic amines) is 1. The molecule has 0 spiro atoms. The van der Waals surface area contributed by atoms with Gasteiger partial charge in [0, 0.05) is 32.1 Å². The summed E-state index contributed by atoms with van der Waals surface area (Å²) in [5.74, 6) is 0.960. The van der Waals surface area contributed by atoms with Crippen molar-refractivity contribution in [3.8, 4) is 0 Å². The van der Waals surface area contributed by atoms with Gasteiger partial charge in [-0.05, 0) is 38.5 Å². The van der Waals surface area contributed by atoms with Gasteiger partial charge in [-0.15, -0.1) is 0 Å². The minimum absolute atomic E-state index is 0.103. The van der Waals surface area contributed by atoms with Gasteiger partial charge >= 0.3 is 0 Å². The molecule has 0 N–H and O–H groups in total. The molecule has 0 aromatic carbocycles. The molecule has 0 aromatic rings. The van der Waals surface area contributed by atoms with Crippen molar-refractivity contribution in [3.63, 3.8) is 0 Å².